The van der Waals surface area contributed by atoms with Crippen LogP contribution in [0.15, 0.2) is 46.8 Å². The van der Waals surface area contributed by atoms with Gasteiger partial charge >= 0.3 is 0 Å². The van der Waals surface area contributed by atoms with E-state index in [1.165, 1.54) is 16.1 Å². The molecule has 4 rings (SSSR count). The van der Waals surface area contributed by atoms with Gasteiger partial charge in [-0.1, -0.05) is 30.0 Å². The monoisotopic (exact) mass is 477 g/mol. The number of para-hydroxylation sites is 1. The van der Waals surface area contributed by atoms with Crippen LogP contribution >= 0.6 is 23.1 Å². The molecular formula is C21H23N3O4S3. The summed E-state index contributed by atoms with van der Waals surface area (Å²) in [6.07, 6.45) is 0.650. The van der Waals surface area contributed by atoms with E-state index in [9.17, 15) is 13.2 Å². The molecule has 1 aromatic heterocycles. The van der Waals surface area contributed by atoms with Crippen molar-refractivity contribution in [1.29, 1.82) is 0 Å². The van der Waals surface area contributed by atoms with Crippen LogP contribution in [0.3, 0.4) is 0 Å². The average Bonchev–Trinajstić information content (AvgIpc) is 3.20. The number of hydrogen-bond acceptors (Lipinski definition) is 7. The van der Waals surface area contributed by atoms with Gasteiger partial charge < -0.3 is 10.1 Å². The second-order valence-corrected chi connectivity index (χ2v) is 11.5. The number of ether oxygens (including phenoxy) is 1. The zero-order valence-electron chi connectivity index (χ0n) is 17.0. The lowest BCUT2D eigenvalue weighted by molar-refractivity contribution is -0.118. The topological polar surface area (TPSA) is 88.6 Å². The Hall–Kier alpha value is -2.14. The van der Waals surface area contributed by atoms with Crippen LogP contribution in [0.4, 0.5) is 0 Å². The molecule has 0 atom stereocenters. The second kappa shape index (κ2) is 9.56. The number of sulfonamides is 1. The number of carbonyl (C=O) groups excluding carboxylic acids is 1. The van der Waals surface area contributed by atoms with E-state index in [1.807, 2.05) is 42.5 Å². The van der Waals surface area contributed by atoms with Gasteiger partial charge in [-0.25, -0.2) is 13.4 Å². The van der Waals surface area contributed by atoms with Crippen molar-refractivity contribution in [2.24, 2.45) is 0 Å². The van der Waals surface area contributed by atoms with Crippen LogP contribution in [0.25, 0.3) is 10.2 Å². The Kier molecular flexibility index (Phi) is 6.80. The van der Waals surface area contributed by atoms with E-state index >= 15 is 0 Å². The van der Waals surface area contributed by atoms with Gasteiger partial charge in [0.1, 0.15) is 5.75 Å². The Morgan fingerprint density at radius 3 is 2.90 bits per heavy atom. The predicted octanol–water partition coefficient (Wildman–Crippen LogP) is 2.90. The standard InChI is InChI=1S/C21H23N3O4S3/c1-28-17-7-6-16-13-24(10-8-15(16)12-17)31(26,27)11-9-22-20(25)14-29-21-23-18-4-2-3-5-19(18)30-21/h2-7,12H,8-11,13-14H2,1H3,(H,22,25). The molecule has 10 heteroatoms. The molecule has 31 heavy (non-hydrogen) atoms. The molecule has 0 spiro atoms. The molecule has 7 nitrogen and oxygen atoms in total. The highest BCUT2D eigenvalue weighted by atomic mass is 32.2. The quantitative estimate of drug-likeness (QED) is 0.502. The lowest BCUT2D eigenvalue weighted by atomic mass is 10.0. The minimum atomic E-state index is -3.45. The van der Waals surface area contributed by atoms with E-state index in [1.54, 1.807) is 18.4 Å². The van der Waals surface area contributed by atoms with Gasteiger partial charge in [0, 0.05) is 19.6 Å². The number of thiazole rings is 1. The predicted molar refractivity (Wildman–Crippen MR) is 124 cm³/mol. The van der Waals surface area contributed by atoms with Gasteiger partial charge in [-0.3, -0.25) is 4.79 Å². The first-order valence-corrected chi connectivity index (χ1v) is 13.2. The fourth-order valence-corrected chi connectivity index (χ4v) is 6.63. The Morgan fingerprint density at radius 1 is 1.26 bits per heavy atom. The molecule has 0 fully saturated rings. The number of carbonyl (C=O) groups is 1. The Morgan fingerprint density at radius 2 is 2.10 bits per heavy atom. The van der Waals surface area contributed by atoms with Crippen molar-refractivity contribution in [2.45, 2.75) is 17.3 Å². The number of rotatable bonds is 8. The van der Waals surface area contributed by atoms with E-state index < -0.39 is 10.0 Å². The van der Waals surface area contributed by atoms with Crippen LogP contribution in [0, 0.1) is 0 Å². The molecule has 0 bridgehead atoms. The summed E-state index contributed by atoms with van der Waals surface area (Å²) in [4.78, 5) is 16.6. The first-order chi connectivity index (χ1) is 14.9. The molecule has 1 amide bonds. The summed E-state index contributed by atoms with van der Waals surface area (Å²) in [5, 5.41) is 2.71. The van der Waals surface area contributed by atoms with Crippen LogP contribution in [0.2, 0.25) is 0 Å². The molecule has 0 saturated carbocycles. The summed E-state index contributed by atoms with van der Waals surface area (Å²) in [6, 6.07) is 13.5. The van der Waals surface area contributed by atoms with Gasteiger partial charge in [0.15, 0.2) is 4.34 Å². The largest absolute Gasteiger partial charge is 0.497 e. The minimum Gasteiger partial charge on any atom is -0.497 e. The summed E-state index contributed by atoms with van der Waals surface area (Å²) in [5.74, 6) is 0.673. The van der Waals surface area contributed by atoms with Gasteiger partial charge in [0.25, 0.3) is 0 Å². The number of aromatic nitrogens is 1. The van der Waals surface area contributed by atoms with E-state index in [2.05, 4.69) is 10.3 Å². The molecule has 0 saturated heterocycles. The lowest BCUT2D eigenvalue weighted by Gasteiger charge is -2.28. The van der Waals surface area contributed by atoms with Gasteiger partial charge in [0.05, 0.1) is 28.8 Å². The lowest BCUT2D eigenvalue weighted by Crippen LogP contribution is -2.40. The molecule has 0 aliphatic carbocycles. The van der Waals surface area contributed by atoms with Crippen LogP contribution in [-0.4, -0.2) is 55.3 Å². The third kappa shape index (κ3) is 5.38. The molecular weight excluding hydrogens is 454 g/mol. The van der Waals surface area contributed by atoms with Crippen LogP contribution in [0.1, 0.15) is 11.1 Å². The highest BCUT2D eigenvalue weighted by molar-refractivity contribution is 8.01. The molecule has 1 N–H and O–H groups in total. The Bertz CT molecular complexity index is 1160. The molecule has 2 aromatic carbocycles. The van der Waals surface area contributed by atoms with Gasteiger partial charge in [-0.15, -0.1) is 11.3 Å². The van der Waals surface area contributed by atoms with Crippen LogP contribution in [0.5, 0.6) is 5.75 Å². The third-order valence-electron chi connectivity index (χ3n) is 5.07. The zero-order chi connectivity index (χ0) is 21.8. The third-order valence-corrected chi connectivity index (χ3v) is 9.07. The first-order valence-electron chi connectivity index (χ1n) is 9.83. The molecule has 0 unspecified atom stereocenters. The number of benzene rings is 2. The fourth-order valence-electron chi connectivity index (χ4n) is 3.41. The number of nitrogens with one attached hydrogen (secondary N) is 1. The fraction of sp³-hybridized carbons (Fsp3) is 0.333. The van der Waals surface area contributed by atoms with Crippen LogP contribution < -0.4 is 10.1 Å². The smallest absolute Gasteiger partial charge is 0.230 e. The van der Waals surface area contributed by atoms with Gasteiger partial charge in [-0.2, -0.15) is 4.31 Å². The van der Waals surface area contributed by atoms with E-state index in [0.29, 0.717) is 19.5 Å². The molecule has 1 aliphatic rings. The molecule has 164 valence electrons. The average molecular weight is 478 g/mol. The summed E-state index contributed by atoms with van der Waals surface area (Å²) in [7, 11) is -1.83. The zero-order valence-corrected chi connectivity index (χ0v) is 19.5. The Balaban J connectivity index is 1.25. The van der Waals surface area contributed by atoms with Gasteiger partial charge in [0.2, 0.25) is 15.9 Å². The molecule has 1 aliphatic heterocycles. The van der Waals surface area contributed by atoms with Crippen molar-refractivity contribution in [2.75, 3.05) is 31.7 Å². The summed E-state index contributed by atoms with van der Waals surface area (Å²) >= 11 is 2.91. The summed E-state index contributed by atoms with van der Waals surface area (Å²) < 4.78 is 34.1. The Labute approximate surface area is 189 Å². The van der Waals surface area contributed by atoms with Crippen molar-refractivity contribution in [3.8, 4) is 5.75 Å². The van der Waals surface area contributed by atoms with Crippen LogP contribution in [-0.2, 0) is 27.8 Å². The maximum absolute atomic E-state index is 12.7. The van der Waals surface area contributed by atoms with Gasteiger partial charge in [-0.05, 0) is 41.8 Å². The first kappa shape index (κ1) is 22.1. The van der Waals surface area contributed by atoms with Crippen molar-refractivity contribution < 1.29 is 17.9 Å². The van der Waals surface area contributed by atoms with Crippen molar-refractivity contribution in [3.63, 3.8) is 0 Å². The van der Waals surface area contributed by atoms with Crippen molar-refractivity contribution in [1.82, 2.24) is 14.6 Å². The normalized spacial score (nSPS) is 14.4. The number of methoxy groups -OCH3 is 1. The maximum atomic E-state index is 12.7. The summed E-state index contributed by atoms with van der Waals surface area (Å²) in [5.41, 5.74) is 3.03. The number of hydrogen-bond donors (Lipinski definition) is 1. The van der Waals surface area contributed by atoms with E-state index in [0.717, 1.165) is 31.4 Å². The number of amides is 1. The number of thioether (sulfide) groups is 1. The van der Waals surface area contributed by atoms with E-state index in [-0.39, 0.29) is 24.0 Å². The summed E-state index contributed by atoms with van der Waals surface area (Å²) in [6.45, 7) is 0.876. The number of nitrogens with zero attached hydrogens (tertiary/aromatic N) is 2. The molecule has 3 aromatic rings. The molecule has 0 radical (unpaired) electrons. The second-order valence-electron chi connectivity index (χ2n) is 7.12. The number of fused-ring (bicyclic) bond motifs is 2. The highest BCUT2D eigenvalue weighted by Gasteiger charge is 2.26. The SMILES string of the molecule is COc1ccc2c(c1)CCN(S(=O)(=O)CCNC(=O)CSc1nc3ccccc3s1)C2. The van der Waals surface area contributed by atoms with E-state index in [4.69, 9.17) is 4.74 Å². The van der Waals surface area contributed by atoms with Crippen molar-refractivity contribution in [3.05, 3.63) is 53.6 Å². The van der Waals surface area contributed by atoms with Crippen molar-refractivity contribution >= 4 is 49.2 Å². The maximum Gasteiger partial charge on any atom is 0.230 e. The highest BCUT2D eigenvalue weighted by Crippen LogP contribution is 2.29. The molecule has 2 heterocycles. The minimum absolute atomic E-state index is 0.0908.